The zero-order valence-corrected chi connectivity index (χ0v) is 4.05. The first-order valence-electron chi connectivity index (χ1n) is 0.309. The first-order valence-corrected chi connectivity index (χ1v) is 0.926. The summed E-state index contributed by atoms with van der Waals surface area (Å²) in [5.41, 5.74) is 0. The van der Waals surface area contributed by atoms with E-state index in [-0.39, 0.29) is 16.8 Å². The average molecular weight is 146 g/mol. The van der Waals surface area contributed by atoms with Crippen LogP contribution in [0, 0.1) is 0 Å². The van der Waals surface area contributed by atoms with Gasteiger partial charge in [-0.1, -0.05) is 0 Å². The minimum Gasteiger partial charge on any atom is -0.166 e. The Morgan fingerprint density at radius 2 is 1.25 bits per heavy atom. The Labute approximate surface area is 44.8 Å². The van der Waals surface area contributed by atoms with Gasteiger partial charge in [0.2, 0.25) is 0 Å². The number of hydrogen-bond acceptors (Lipinski definition) is 1. The van der Waals surface area contributed by atoms with E-state index >= 15 is 0 Å². The third kappa shape index (κ3) is 11.7. The van der Waals surface area contributed by atoms with Gasteiger partial charge in [-0.05, 0) is 0 Å². The summed E-state index contributed by atoms with van der Waals surface area (Å²) in [6.45, 7) is 0. The molecular weight excluding hydrogens is 146 g/mol. The molecule has 0 aromatic carbocycles. The summed E-state index contributed by atoms with van der Waals surface area (Å²) in [7, 11) is 0. The van der Waals surface area contributed by atoms with E-state index in [9.17, 15) is 0 Å². The maximum absolute atomic E-state index is 4.26. The van der Waals surface area contributed by atoms with Crippen LogP contribution in [0.3, 0.4) is 0 Å². The van der Waals surface area contributed by atoms with Crippen LogP contribution in [-0.2, 0) is 20.6 Å². The van der Waals surface area contributed by atoms with Gasteiger partial charge in [0.1, 0.15) is 0 Å². The average Bonchev–Trinajstić information content (AvgIpc) is 0.918. The molecule has 0 saturated heterocycles. The normalized spacial score (nSPS) is 4.50. The van der Waals surface area contributed by atoms with E-state index in [0.717, 1.165) is 0 Å². The topological polar surface area (TPSA) is 9.23 Å². The van der Waals surface area contributed by atoms with E-state index < -0.39 is 0 Å². The number of rotatable bonds is 0. The monoisotopic (exact) mass is 145 g/mol. The zero-order valence-electron chi connectivity index (χ0n) is 1.50. The summed E-state index contributed by atoms with van der Waals surface area (Å²) in [4.78, 5) is 0. The van der Waals surface area contributed by atoms with Gasteiger partial charge in [-0.25, -0.2) is 0 Å². The molecule has 0 aliphatic heterocycles. The van der Waals surface area contributed by atoms with E-state index in [1.54, 1.807) is 0 Å². The Morgan fingerprint density at radius 1 is 1.25 bits per heavy atom. The molecular formula is Cl2CoO. The van der Waals surface area contributed by atoms with Crippen molar-refractivity contribution in [2.75, 3.05) is 0 Å². The number of halogens is 2. The summed E-state index contributed by atoms with van der Waals surface area (Å²) in [5.74, 6) is 0. The SMILES string of the molecule is ClOCl.[Co]. The quantitative estimate of drug-likeness (QED) is 0.500. The van der Waals surface area contributed by atoms with E-state index in [1.165, 1.54) is 0 Å². The van der Waals surface area contributed by atoms with Crippen LogP contribution in [0.15, 0.2) is 0 Å². The fourth-order valence-corrected chi connectivity index (χ4v) is 0. The van der Waals surface area contributed by atoms with Crippen LogP contribution in [0.2, 0.25) is 0 Å². The van der Waals surface area contributed by atoms with Crippen LogP contribution in [0.5, 0.6) is 0 Å². The Bertz CT molecular complexity index is 6.00. The Balaban J connectivity index is 0. The molecule has 0 saturated carbocycles. The van der Waals surface area contributed by atoms with Gasteiger partial charge < -0.3 is 0 Å². The van der Waals surface area contributed by atoms with Crippen molar-refractivity contribution < 1.29 is 20.6 Å². The van der Waals surface area contributed by atoms with Gasteiger partial charge in [0.05, 0.1) is 23.7 Å². The molecule has 29 valence electrons. The summed E-state index contributed by atoms with van der Waals surface area (Å²) < 4.78 is 3.19. The molecule has 1 radical (unpaired) electrons. The van der Waals surface area contributed by atoms with Crippen molar-refractivity contribution in [3.8, 4) is 0 Å². The largest absolute Gasteiger partial charge is 0.166 e. The van der Waals surface area contributed by atoms with Crippen LogP contribution in [0.4, 0.5) is 0 Å². The minimum atomic E-state index is 0. The third-order valence-corrected chi connectivity index (χ3v) is 0. The Morgan fingerprint density at radius 3 is 1.25 bits per heavy atom. The van der Waals surface area contributed by atoms with E-state index in [4.69, 9.17) is 0 Å². The molecule has 4 heteroatoms. The summed E-state index contributed by atoms with van der Waals surface area (Å²) in [6.07, 6.45) is 0. The van der Waals surface area contributed by atoms with Gasteiger partial charge in [-0.15, -0.1) is 0 Å². The second-order valence-corrected chi connectivity index (χ2v) is 0.525. The first kappa shape index (κ1) is 8.90. The van der Waals surface area contributed by atoms with E-state index in [2.05, 4.69) is 27.6 Å². The van der Waals surface area contributed by atoms with E-state index in [0.29, 0.717) is 0 Å². The second-order valence-electron chi connectivity index (χ2n) is 0.0583. The molecule has 0 aromatic heterocycles. The van der Waals surface area contributed by atoms with Crippen LogP contribution in [0.1, 0.15) is 0 Å². The van der Waals surface area contributed by atoms with Crippen molar-refractivity contribution >= 4 is 23.7 Å². The molecule has 0 atom stereocenters. The second kappa shape index (κ2) is 8.97. The van der Waals surface area contributed by atoms with Gasteiger partial charge in [0.15, 0.2) is 0 Å². The van der Waals surface area contributed by atoms with Crippen LogP contribution in [-0.4, -0.2) is 0 Å². The predicted molar refractivity (Wildman–Crippen MR) is 12.8 cm³/mol. The van der Waals surface area contributed by atoms with Crippen molar-refractivity contribution in [1.82, 2.24) is 0 Å². The molecule has 0 aromatic rings. The molecule has 0 unspecified atom stereocenters. The maximum Gasteiger partial charge on any atom is 0.0832 e. The van der Waals surface area contributed by atoms with Crippen LogP contribution in [0.25, 0.3) is 0 Å². The predicted octanol–water partition coefficient (Wildman–Crippen LogP) is 1.31. The Kier molecular flexibility index (Phi) is 20.0. The van der Waals surface area contributed by atoms with Crippen LogP contribution < -0.4 is 0 Å². The van der Waals surface area contributed by atoms with Crippen molar-refractivity contribution in [3.63, 3.8) is 0 Å². The zero-order chi connectivity index (χ0) is 2.71. The standard InChI is InChI=1S/Cl2O.Co/c1-3-2;. The molecule has 0 rings (SSSR count). The third-order valence-electron chi connectivity index (χ3n) is 0. The Hall–Kier alpha value is 1.05. The fourth-order valence-electron chi connectivity index (χ4n) is 0. The van der Waals surface area contributed by atoms with Gasteiger partial charge in [0.25, 0.3) is 0 Å². The maximum atomic E-state index is 4.26. The molecule has 4 heavy (non-hydrogen) atoms. The van der Waals surface area contributed by atoms with Gasteiger partial charge in [-0.3, -0.25) is 0 Å². The molecule has 0 bridgehead atoms. The van der Waals surface area contributed by atoms with Crippen molar-refractivity contribution in [2.45, 2.75) is 0 Å². The van der Waals surface area contributed by atoms with Gasteiger partial charge in [-0.2, -0.15) is 3.84 Å². The summed E-state index contributed by atoms with van der Waals surface area (Å²) in [5, 5.41) is 0. The fraction of sp³-hybridized carbons (Fsp3) is 0. The van der Waals surface area contributed by atoms with Gasteiger partial charge >= 0.3 is 0 Å². The summed E-state index contributed by atoms with van der Waals surface area (Å²) >= 11 is 8.53. The molecule has 0 aliphatic carbocycles. The van der Waals surface area contributed by atoms with Gasteiger partial charge in [0, 0.05) is 16.8 Å². The minimum absolute atomic E-state index is 0. The first-order chi connectivity index (χ1) is 1.41. The molecule has 0 fully saturated rings. The molecule has 0 N–H and O–H groups in total. The van der Waals surface area contributed by atoms with Crippen molar-refractivity contribution in [3.05, 3.63) is 0 Å². The summed E-state index contributed by atoms with van der Waals surface area (Å²) in [6, 6.07) is 0. The molecule has 0 heterocycles. The molecule has 1 nitrogen and oxygen atoms in total. The van der Waals surface area contributed by atoms with E-state index in [1.807, 2.05) is 0 Å². The van der Waals surface area contributed by atoms with Crippen LogP contribution >= 0.6 is 23.7 Å². The number of hydrogen-bond donors (Lipinski definition) is 0. The molecule has 0 amide bonds. The van der Waals surface area contributed by atoms with Crippen molar-refractivity contribution in [1.29, 1.82) is 0 Å². The van der Waals surface area contributed by atoms with Crippen molar-refractivity contribution in [2.24, 2.45) is 0 Å². The molecule has 0 spiro atoms. The smallest absolute Gasteiger partial charge is 0.0832 e. The molecule has 0 aliphatic rings.